The second-order valence-electron chi connectivity index (χ2n) is 8.05. The van der Waals surface area contributed by atoms with E-state index in [1.54, 1.807) is 0 Å². The molecule has 3 saturated heterocycles. The average Bonchev–Trinajstić information content (AvgIpc) is 3.38. The van der Waals surface area contributed by atoms with Gasteiger partial charge in [-0.15, -0.1) is 0 Å². The molecule has 0 bridgehead atoms. The average molecular weight is 376 g/mol. The highest BCUT2D eigenvalue weighted by molar-refractivity contribution is 5.77. The standard InChI is InChI=1S/C21H29FN2O3/c22-18-5-3-16(4-6-18)11-23-12-19-17(14-27-20(19)13-23)7-10-26-15-21(25)24-8-1-2-9-24/h3-6,17,19-20H,1-2,7-15H2/t17-,19-,20-/m0/s1. The number of carbonyl (C=O) groups excluding carboxylic acids is 1. The van der Waals surface area contributed by atoms with Gasteiger partial charge in [-0.1, -0.05) is 12.1 Å². The lowest BCUT2D eigenvalue weighted by Gasteiger charge is -2.20. The van der Waals surface area contributed by atoms with Crippen molar-refractivity contribution in [2.45, 2.75) is 31.9 Å². The molecule has 6 heteroatoms. The number of halogens is 1. The van der Waals surface area contributed by atoms with Crippen molar-refractivity contribution in [2.75, 3.05) is 46.0 Å². The smallest absolute Gasteiger partial charge is 0.248 e. The highest BCUT2D eigenvalue weighted by atomic mass is 19.1. The van der Waals surface area contributed by atoms with Crippen LogP contribution in [0.1, 0.15) is 24.8 Å². The summed E-state index contributed by atoms with van der Waals surface area (Å²) < 4.78 is 24.7. The summed E-state index contributed by atoms with van der Waals surface area (Å²) in [5.41, 5.74) is 1.14. The minimum atomic E-state index is -0.191. The van der Waals surface area contributed by atoms with Crippen molar-refractivity contribution in [1.82, 2.24) is 9.80 Å². The van der Waals surface area contributed by atoms with E-state index in [9.17, 15) is 9.18 Å². The third kappa shape index (κ3) is 4.68. The van der Waals surface area contributed by atoms with Crippen LogP contribution >= 0.6 is 0 Å². The summed E-state index contributed by atoms with van der Waals surface area (Å²) in [7, 11) is 0. The summed E-state index contributed by atoms with van der Waals surface area (Å²) in [5.74, 6) is 0.960. The van der Waals surface area contributed by atoms with Gasteiger partial charge in [0.25, 0.3) is 0 Å². The predicted octanol–water partition coefficient (Wildman–Crippen LogP) is 2.30. The van der Waals surface area contributed by atoms with E-state index < -0.39 is 0 Å². The number of hydrogen-bond acceptors (Lipinski definition) is 4. The van der Waals surface area contributed by atoms with Crippen LogP contribution in [0.5, 0.6) is 0 Å². The van der Waals surface area contributed by atoms with Crippen LogP contribution in [0.25, 0.3) is 0 Å². The molecule has 27 heavy (non-hydrogen) atoms. The molecule has 0 spiro atoms. The van der Waals surface area contributed by atoms with Gasteiger partial charge < -0.3 is 14.4 Å². The second-order valence-corrected chi connectivity index (χ2v) is 8.05. The van der Waals surface area contributed by atoms with E-state index in [0.717, 1.165) is 64.2 Å². The van der Waals surface area contributed by atoms with Crippen molar-refractivity contribution >= 4 is 5.91 Å². The molecule has 3 heterocycles. The number of amides is 1. The van der Waals surface area contributed by atoms with Gasteiger partial charge in [0.05, 0.1) is 12.7 Å². The van der Waals surface area contributed by atoms with Gasteiger partial charge in [-0.3, -0.25) is 9.69 Å². The molecule has 0 saturated carbocycles. The molecule has 1 aromatic carbocycles. The van der Waals surface area contributed by atoms with Gasteiger partial charge in [-0.2, -0.15) is 0 Å². The van der Waals surface area contributed by atoms with Gasteiger partial charge >= 0.3 is 0 Å². The van der Waals surface area contributed by atoms with Crippen LogP contribution < -0.4 is 0 Å². The monoisotopic (exact) mass is 376 g/mol. The first-order chi connectivity index (χ1) is 13.2. The largest absolute Gasteiger partial charge is 0.376 e. The topological polar surface area (TPSA) is 42.0 Å². The van der Waals surface area contributed by atoms with Crippen LogP contribution in [0.4, 0.5) is 4.39 Å². The zero-order valence-electron chi connectivity index (χ0n) is 15.8. The summed E-state index contributed by atoms with van der Waals surface area (Å²) in [4.78, 5) is 16.3. The second kappa shape index (κ2) is 8.67. The number of hydrogen-bond donors (Lipinski definition) is 0. The van der Waals surface area contributed by atoms with Crippen molar-refractivity contribution in [1.29, 1.82) is 0 Å². The summed E-state index contributed by atoms with van der Waals surface area (Å²) in [6, 6.07) is 6.75. The van der Waals surface area contributed by atoms with Crippen molar-refractivity contribution in [2.24, 2.45) is 11.8 Å². The van der Waals surface area contributed by atoms with Crippen LogP contribution in [0.2, 0.25) is 0 Å². The van der Waals surface area contributed by atoms with Crippen LogP contribution in [0.15, 0.2) is 24.3 Å². The summed E-state index contributed by atoms with van der Waals surface area (Å²) in [6.07, 6.45) is 3.46. The van der Waals surface area contributed by atoms with Crippen molar-refractivity contribution in [3.8, 4) is 0 Å². The number of carbonyl (C=O) groups is 1. The minimum Gasteiger partial charge on any atom is -0.376 e. The molecular weight excluding hydrogens is 347 g/mol. The molecule has 0 unspecified atom stereocenters. The van der Waals surface area contributed by atoms with Gasteiger partial charge in [0, 0.05) is 45.2 Å². The fourth-order valence-corrected chi connectivity index (χ4v) is 4.61. The molecule has 0 N–H and O–H groups in total. The number of likely N-dealkylation sites (tertiary alicyclic amines) is 2. The summed E-state index contributed by atoms with van der Waals surface area (Å²) in [5, 5.41) is 0. The van der Waals surface area contributed by atoms with E-state index in [1.807, 2.05) is 17.0 Å². The van der Waals surface area contributed by atoms with E-state index >= 15 is 0 Å². The first kappa shape index (κ1) is 18.8. The Hall–Kier alpha value is -1.50. The zero-order valence-corrected chi connectivity index (χ0v) is 15.8. The Labute approximate surface area is 160 Å². The summed E-state index contributed by atoms with van der Waals surface area (Å²) >= 11 is 0. The van der Waals surface area contributed by atoms with Crippen molar-refractivity contribution in [3.63, 3.8) is 0 Å². The minimum absolute atomic E-state index is 0.124. The third-order valence-electron chi connectivity index (χ3n) is 6.15. The lowest BCUT2D eigenvalue weighted by molar-refractivity contribution is -0.135. The number of ether oxygens (including phenoxy) is 2. The molecule has 0 aliphatic carbocycles. The maximum atomic E-state index is 13.1. The Morgan fingerprint density at radius 3 is 2.74 bits per heavy atom. The molecule has 4 rings (SSSR count). The lowest BCUT2D eigenvalue weighted by atomic mass is 9.91. The molecular formula is C21H29FN2O3. The zero-order chi connectivity index (χ0) is 18.6. The first-order valence-corrected chi connectivity index (χ1v) is 10.1. The van der Waals surface area contributed by atoms with E-state index in [-0.39, 0.29) is 18.3 Å². The number of benzene rings is 1. The molecule has 3 atom stereocenters. The first-order valence-electron chi connectivity index (χ1n) is 10.1. The number of rotatable bonds is 7. The van der Waals surface area contributed by atoms with Crippen LogP contribution in [0, 0.1) is 17.7 Å². The van der Waals surface area contributed by atoms with Gasteiger partial charge in [-0.25, -0.2) is 4.39 Å². The molecule has 0 aromatic heterocycles. The van der Waals surface area contributed by atoms with E-state index in [1.165, 1.54) is 12.1 Å². The number of nitrogens with zero attached hydrogens (tertiary/aromatic N) is 2. The van der Waals surface area contributed by atoms with Crippen LogP contribution in [-0.4, -0.2) is 67.8 Å². The van der Waals surface area contributed by atoms with Crippen molar-refractivity contribution in [3.05, 3.63) is 35.6 Å². The SMILES string of the molecule is O=C(COCC[C@H]1CO[C@H]2CN(Cc3ccc(F)cc3)C[C@@H]12)N1CCCC1. The van der Waals surface area contributed by atoms with E-state index in [4.69, 9.17) is 9.47 Å². The Bertz CT molecular complexity index is 633. The molecule has 1 amide bonds. The summed E-state index contributed by atoms with van der Waals surface area (Å²) in [6.45, 7) is 6.17. The highest BCUT2D eigenvalue weighted by Gasteiger charge is 2.43. The van der Waals surface area contributed by atoms with Gasteiger partial charge in [-0.05, 0) is 42.9 Å². The molecule has 3 fully saturated rings. The third-order valence-corrected chi connectivity index (χ3v) is 6.15. The quantitative estimate of drug-likeness (QED) is 0.685. The van der Waals surface area contributed by atoms with Gasteiger partial charge in [0.1, 0.15) is 12.4 Å². The molecule has 1 aromatic rings. The number of fused-ring (bicyclic) bond motifs is 1. The van der Waals surface area contributed by atoms with Crippen molar-refractivity contribution < 1.29 is 18.7 Å². The fourth-order valence-electron chi connectivity index (χ4n) is 4.61. The molecule has 3 aliphatic heterocycles. The maximum Gasteiger partial charge on any atom is 0.248 e. The highest BCUT2D eigenvalue weighted by Crippen LogP contribution is 2.36. The fraction of sp³-hybridized carbons (Fsp3) is 0.667. The predicted molar refractivity (Wildman–Crippen MR) is 99.6 cm³/mol. The Balaban J connectivity index is 1.18. The van der Waals surface area contributed by atoms with E-state index in [0.29, 0.717) is 24.5 Å². The lowest BCUT2D eigenvalue weighted by Crippen LogP contribution is -2.31. The maximum absolute atomic E-state index is 13.1. The van der Waals surface area contributed by atoms with Gasteiger partial charge in [0.2, 0.25) is 5.91 Å². The molecule has 5 nitrogen and oxygen atoms in total. The molecule has 0 radical (unpaired) electrons. The Kier molecular flexibility index (Phi) is 6.05. The van der Waals surface area contributed by atoms with Gasteiger partial charge in [0.15, 0.2) is 0 Å². The normalized spacial score (nSPS) is 28.0. The van der Waals surface area contributed by atoms with Crippen LogP contribution in [0.3, 0.4) is 0 Å². The Morgan fingerprint density at radius 2 is 1.96 bits per heavy atom. The molecule has 148 valence electrons. The van der Waals surface area contributed by atoms with Crippen LogP contribution in [-0.2, 0) is 20.8 Å². The van der Waals surface area contributed by atoms with E-state index in [2.05, 4.69) is 4.90 Å². The molecule has 3 aliphatic rings. The Morgan fingerprint density at radius 1 is 1.19 bits per heavy atom.